The second kappa shape index (κ2) is 5.94. The number of rotatable bonds is 3. The molecule has 0 saturated heterocycles. The first-order valence-electron chi connectivity index (χ1n) is 6.83. The molecule has 2 aromatic rings. The van der Waals surface area contributed by atoms with Crippen molar-refractivity contribution in [2.75, 3.05) is 5.75 Å². The normalized spacial score (nSPS) is 19.4. The Bertz CT molecular complexity index is 588. The first-order chi connectivity index (χ1) is 9.75. The predicted molar refractivity (Wildman–Crippen MR) is 80.3 cm³/mol. The highest BCUT2D eigenvalue weighted by atomic mass is 32.2. The van der Waals surface area contributed by atoms with Crippen molar-refractivity contribution in [2.45, 2.75) is 30.3 Å². The van der Waals surface area contributed by atoms with Gasteiger partial charge in [0.15, 0.2) is 0 Å². The van der Waals surface area contributed by atoms with Crippen LogP contribution in [0.2, 0.25) is 0 Å². The van der Waals surface area contributed by atoms with Crippen LogP contribution in [-0.4, -0.2) is 10.7 Å². The van der Waals surface area contributed by atoms with E-state index in [9.17, 15) is 4.39 Å². The summed E-state index contributed by atoms with van der Waals surface area (Å²) in [6.45, 7) is 2.12. The average Bonchev–Trinajstić information content (AvgIpc) is 2.49. The number of hydrogen-bond donors (Lipinski definition) is 1. The molecule has 1 aromatic heterocycles. The zero-order chi connectivity index (χ0) is 13.9. The van der Waals surface area contributed by atoms with Crippen molar-refractivity contribution >= 4 is 11.8 Å². The van der Waals surface area contributed by atoms with Gasteiger partial charge in [-0.25, -0.2) is 4.39 Å². The molecule has 2 atom stereocenters. The number of hydrogen-bond acceptors (Lipinski definition) is 3. The van der Waals surface area contributed by atoms with Gasteiger partial charge in [-0.3, -0.25) is 4.98 Å². The van der Waals surface area contributed by atoms with Crippen LogP contribution in [0.15, 0.2) is 47.6 Å². The minimum absolute atomic E-state index is 0.104. The van der Waals surface area contributed by atoms with Crippen LogP contribution < -0.4 is 5.32 Å². The third-order valence-corrected chi connectivity index (χ3v) is 4.82. The van der Waals surface area contributed by atoms with E-state index in [1.807, 2.05) is 18.3 Å². The first-order valence-corrected chi connectivity index (χ1v) is 7.81. The number of halogens is 1. The van der Waals surface area contributed by atoms with Gasteiger partial charge in [0.25, 0.3) is 0 Å². The summed E-state index contributed by atoms with van der Waals surface area (Å²) in [5.41, 5.74) is 2.24. The van der Waals surface area contributed by atoms with Gasteiger partial charge in [-0.05, 0) is 42.4 Å². The molecule has 0 radical (unpaired) electrons. The highest BCUT2D eigenvalue weighted by molar-refractivity contribution is 7.99. The number of aromatic nitrogens is 1. The summed E-state index contributed by atoms with van der Waals surface area (Å²) in [5, 5.41) is 3.60. The Morgan fingerprint density at radius 1 is 1.35 bits per heavy atom. The van der Waals surface area contributed by atoms with Gasteiger partial charge in [0.1, 0.15) is 5.82 Å². The van der Waals surface area contributed by atoms with Crippen LogP contribution in [0.5, 0.6) is 0 Å². The number of fused-ring (bicyclic) bond motifs is 1. The topological polar surface area (TPSA) is 24.9 Å². The summed E-state index contributed by atoms with van der Waals surface area (Å²) < 4.78 is 13.8. The van der Waals surface area contributed by atoms with E-state index in [1.54, 1.807) is 30.1 Å². The summed E-state index contributed by atoms with van der Waals surface area (Å²) in [5.74, 6) is 0.846. The van der Waals surface area contributed by atoms with Crippen LogP contribution in [0.3, 0.4) is 0 Å². The molecule has 104 valence electrons. The third kappa shape index (κ3) is 2.72. The minimum atomic E-state index is -0.104. The molecule has 1 N–H and O–H groups in total. The molecule has 0 bridgehead atoms. The SMILES string of the molecule is C[C@@H](NC1CCSc2c(F)cccc21)c1cccnc1. The molecule has 1 aliphatic heterocycles. The van der Waals surface area contributed by atoms with Crippen molar-refractivity contribution in [2.24, 2.45) is 0 Å². The molecule has 1 aliphatic rings. The van der Waals surface area contributed by atoms with Crippen molar-refractivity contribution < 1.29 is 4.39 Å². The number of benzene rings is 1. The van der Waals surface area contributed by atoms with Gasteiger partial charge in [-0.1, -0.05) is 18.2 Å². The Morgan fingerprint density at radius 3 is 3.05 bits per heavy atom. The standard InChI is InChI=1S/C16H17FN2S/c1-11(12-4-3-8-18-10-12)19-15-7-9-20-16-13(15)5-2-6-14(16)17/h2-6,8,10-11,15,19H,7,9H2,1H3/t11-,15?/m1/s1. The van der Waals surface area contributed by atoms with Crippen molar-refractivity contribution in [3.8, 4) is 0 Å². The largest absolute Gasteiger partial charge is 0.303 e. The van der Waals surface area contributed by atoms with Crippen LogP contribution in [0.1, 0.15) is 36.6 Å². The van der Waals surface area contributed by atoms with Crippen LogP contribution >= 0.6 is 11.8 Å². The van der Waals surface area contributed by atoms with Gasteiger partial charge in [0, 0.05) is 29.4 Å². The van der Waals surface area contributed by atoms with Crippen LogP contribution in [0.25, 0.3) is 0 Å². The fourth-order valence-electron chi connectivity index (χ4n) is 2.59. The summed E-state index contributed by atoms with van der Waals surface area (Å²) in [6, 6.07) is 9.78. The Kier molecular flexibility index (Phi) is 4.03. The molecule has 0 amide bonds. The molecule has 4 heteroatoms. The maximum absolute atomic E-state index is 13.8. The highest BCUT2D eigenvalue weighted by Crippen LogP contribution is 2.38. The Morgan fingerprint density at radius 2 is 2.25 bits per heavy atom. The van der Waals surface area contributed by atoms with E-state index in [1.165, 1.54) is 0 Å². The molecule has 2 nitrogen and oxygen atoms in total. The fraction of sp³-hybridized carbons (Fsp3) is 0.312. The fourth-order valence-corrected chi connectivity index (χ4v) is 3.73. The second-order valence-corrected chi connectivity index (χ2v) is 6.13. The molecular weight excluding hydrogens is 271 g/mol. The number of nitrogens with zero attached hydrogens (tertiary/aromatic N) is 1. The number of nitrogens with one attached hydrogen (secondary N) is 1. The Labute approximate surface area is 122 Å². The molecule has 0 aliphatic carbocycles. The molecule has 0 spiro atoms. The first kappa shape index (κ1) is 13.6. The van der Waals surface area contributed by atoms with Crippen LogP contribution in [0, 0.1) is 5.82 Å². The lowest BCUT2D eigenvalue weighted by Gasteiger charge is -2.29. The lowest BCUT2D eigenvalue weighted by molar-refractivity contribution is 0.443. The summed E-state index contributed by atoms with van der Waals surface area (Å²) in [6.07, 6.45) is 4.67. The van der Waals surface area contributed by atoms with E-state index in [-0.39, 0.29) is 17.9 Å². The number of thioether (sulfide) groups is 1. The van der Waals surface area contributed by atoms with Crippen molar-refractivity contribution in [1.82, 2.24) is 10.3 Å². The van der Waals surface area contributed by atoms with E-state index in [0.717, 1.165) is 28.2 Å². The molecule has 3 rings (SSSR count). The van der Waals surface area contributed by atoms with E-state index < -0.39 is 0 Å². The van der Waals surface area contributed by atoms with E-state index >= 15 is 0 Å². The second-order valence-electron chi connectivity index (χ2n) is 5.02. The molecule has 1 aromatic carbocycles. The number of pyridine rings is 1. The molecule has 1 unspecified atom stereocenters. The third-order valence-electron chi connectivity index (χ3n) is 3.66. The van der Waals surface area contributed by atoms with Gasteiger partial charge in [0.2, 0.25) is 0 Å². The summed E-state index contributed by atoms with van der Waals surface area (Å²) in [4.78, 5) is 4.95. The average molecular weight is 288 g/mol. The summed E-state index contributed by atoms with van der Waals surface area (Å²) >= 11 is 1.61. The Hall–Kier alpha value is -1.39. The lowest BCUT2D eigenvalue weighted by Crippen LogP contribution is -2.27. The van der Waals surface area contributed by atoms with Gasteiger partial charge in [0.05, 0.1) is 0 Å². The molecular formula is C16H17FN2S. The summed E-state index contributed by atoms with van der Waals surface area (Å²) in [7, 11) is 0. The highest BCUT2D eigenvalue weighted by Gasteiger charge is 2.24. The molecule has 20 heavy (non-hydrogen) atoms. The van der Waals surface area contributed by atoms with E-state index in [4.69, 9.17) is 0 Å². The van der Waals surface area contributed by atoms with Gasteiger partial charge in [-0.2, -0.15) is 0 Å². The van der Waals surface area contributed by atoms with Crippen molar-refractivity contribution in [1.29, 1.82) is 0 Å². The van der Waals surface area contributed by atoms with Crippen LogP contribution in [0.4, 0.5) is 4.39 Å². The van der Waals surface area contributed by atoms with Gasteiger partial charge >= 0.3 is 0 Å². The van der Waals surface area contributed by atoms with Crippen molar-refractivity contribution in [3.63, 3.8) is 0 Å². The maximum Gasteiger partial charge on any atom is 0.137 e. The van der Waals surface area contributed by atoms with E-state index in [0.29, 0.717) is 0 Å². The molecule has 2 heterocycles. The monoisotopic (exact) mass is 288 g/mol. The zero-order valence-electron chi connectivity index (χ0n) is 11.3. The van der Waals surface area contributed by atoms with Crippen LogP contribution in [-0.2, 0) is 0 Å². The minimum Gasteiger partial charge on any atom is -0.303 e. The predicted octanol–water partition coefficient (Wildman–Crippen LogP) is 4.11. The lowest BCUT2D eigenvalue weighted by atomic mass is 10.0. The zero-order valence-corrected chi connectivity index (χ0v) is 12.2. The quantitative estimate of drug-likeness (QED) is 0.920. The maximum atomic E-state index is 13.8. The van der Waals surface area contributed by atoms with Gasteiger partial charge < -0.3 is 5.32 Å². The van der Waals surface area contributed by atoms with Crippen molar-refractivity contribution in [3.05, 3.63) is 59.7 Å². The van der Waals surface area contributed by atoms with E-state index in [2.05, 4.69) is 23.3 Å². The molecule has 0 saturated carbocycles. The molecule has 0 fully saturated rings. The van der Waals surface area contributed by atoms with Gasteiger partial charge in [-0.15, -0.1) is 11.8 Å². The Balaban J connectivity index is 1.82. The smallest absolute Gasteiger partial charge is 0.137 e.